The Bertz CT molecular complexity index is 1840. The molecule has 2 bridgehead atoms. The number of carbonyl (C=O) groups excluding carboxylic acids is 4. The lowest BCUT2D eigenvalue weighted by atomic mass is 9.70. The number of nitrogens with one attached hydrogen (secondary N) is 1. The van der Waals surface area contributed by atoms with Crippen LogP contribution >= 0.6 is 0 Å². The van der Waals surface area contributed by atoms with E-state index in [0.29, 0.717) is 32.8 Å². The quantitative estimate of drug-likeness (QED) is 0.322. The van der Waals surface area contributed by atoms with E-state index in [-0.39, 0.29) is 48.3 Å². The van der Waals surface area contributed by atoms with E-state index in [1.807, 2.05) is 80.6 Å². The van der Waals surface area contributed by atoms with Crippen molar-refractivity contribution in [1.82, 2.24) is 15.1 Å². The van der Waals surface area contributed by atoms with Gasteiger partial charge in [0.1, 0.15) is 23.8 Å². The number of likely N-dealkylation sites (tertiary alicyclic amines) is 1. The number of rotatable bonds is 9. The van der Waals surface area contributed by atoms with Crippen molar-refractivity contribution in [2.75, 3.05) is 44.2 Å². The summed E-state index contributed by atoms with van der Waals surface area (Å²) < 4.78 is 5.86. The number of aliphatic hydroxyl groups is 1. The van der Waals surface area contributed by atoms with Crippen LogP contribution in [-0.2, 0) is 25.6 Å². The monoisotopic (exact) mass is 694 g/mol. The number of aliphatic hydroxyl groups excluding tert-OH is 1. The average molecular weight is 695 g/mol. The Hall–Kier alpha value is -4.44. The van der Waals surface area contributed by atoms with Crippen molar-refractivity contribution in [2.24, 2.45) is 22.7 Å². The van der Waals surface area contributed by atoms with Gasteiger partial charge >= 0.3 is 0 Å². The first-order valence-electron chi connectivity index (χ1n) is 18.5. The molecule has 7 rings (SSSR count). The lowest BCUT2D eigenvalue weighted by molar-refractivity contribution is -0.148. The van der Waals surface area contributed by atoms with Crippen LogP contribution in [0.3, 0.4) is 0 Å². The zero-order valence-electron chi connectivity index (χ0n) is 30.1. The van der Waals surface area contributed by atoms with Gasteiger partial charge in [0.05, 0.1) is 18.4 Å². The second-order valence-electron chi connectivity index (χ2n) is 15.6. The Morgan fingerprint density at radius 2 is 1.67 bits per heavy atom. The summed E-state index contributed by atoms with van der Waals surface area (Å²) in [6.07, 6.45) is 0.960. The summed E-state index contributed by atoms with van der Waals surface area (Å²) in [5.41, 5.74) is 0.982. The van der Waals surface area contributed by atoms with Gasteiger partial charge in [-0.15, -0.1) is 0 Å². The summed E-state index contributed by atoms with van der Waals surface area (Å²) in [7, 11) is 0. The second-order valence-corrected chi connectivity index (χ2v) is 15.6. The van der Waals surface area contributed by atoms with Crippen LogP contribution in [0, 0.1) is 22.7 Å². The highest BCUT2D eigenvalue weighted by atomic mass is 16.5. The van der Waals surface area contributed by atoms with E-state index in [0.717, 1.165) is 40.6 Å². The number of β-amino-alcohol motifs (C(OH)–C–C–N with tert-alkyl or cyclic N) is 1. The molecule has 2 aliphatic heterocycles. The van der Waals surface area contributed by atoms with Crippen LogP contribution in [0.4, 0.5) is 5.69 Å². The number of amides is 3. The predicted molar refractivity (Wildman–Crippen MR) is 195 cm³/mol. The number of nitrogens with zero attached hydrogens (tertiary/aromatic N) is 3. The van der Waals surface area contributed by atoms with Gasteiger partial charge in [0.15, 0.2) is 5.78 Å². The van der Waals surface area contributed by atoms with Gasteiger partial charge in [0.2, 0.25) is 17.7 Å². The zero-order valence-corrected chi connectivity index (χ0v) is 30.1. The van der Waals surface area contributed by atoms with Gasteiger partial charge in [-0.3, -0.25) is 19.2 Å². The van der Waals surface area contributed by atoms with Crippen molar-refractivity contribution in [2.45, 2.75) is 71.6 Å². The number of hydrogen-bond acceptors (Lipinski definition) is 7. The predicted octanol–water partition coefficient (Wildman–Crippen LogP) is 4.22. The summed E-state index contributed by atoms with van der Waals surface area (Å²) in [5.74, 6) is -1.22. The number of carbonyl (C=O) groups is 4. The van der Waals surface area contributed by atoms with Crippen molar-refractivity contribution in [3.8, 4) is 5.75 Å². The Morgan fingerprint density at radius 3 is 2.37 bits per heavy atom. The van der Waals surface area contributed by atoms with E-state index in [1.54, 1.807) is 4.90 Å². The molecular weight excluding hydrogens is 644 g/mol. The summed E-state index contributed by atoms with van der Waals surface area (Å²) >= 11 is 0. The van der Waals surface area contributed by atoms with Gasteiger partial charge in [-0.25, -0.2) is 0 Å². The Labute approximate surface area is 300 Å². The largest absolute Gasteiger partial charge is 0.492 e. The van der Waals surface area contributed by atoms with Gasteiger partial charge < -0.3 is 29.9 Å². The summed E-state index contributed by atoms with van der Waals surface area (Å²) in [6.45, 7) is 10.7. The molecule has 2 aliphatic carbocycles. The molecule has 10 heteroatoms. The molecule has 2 heterocycles. The molecule has 0 spiro atoms. The molecule has 0 aromatic heterocycles. The highest BCUT2D eigenvalue weighted by Crippen LogP contribution is 2.66. The third-order valence-corrected chi connectivity index (χ3v) is 12.6. The maximum Gasteiger partial charge on any atom is 0.245 e. The minimum atomic E-state index is -0.978. The molecule has 3 aromatic carbocycles. The minimum Gasteiger partial charge on any atom is -0.492 e. The van der Waals surface area contributed by atoms with Crippen LogP contribution < -0.4 is 15.0 Å². The number of hydrogen-bond donors (Lipinski definition) is 2. The first-order chi connectivity index (χ1) is 24.4. The first-order valence-corrected chi connectivity index (χ1v) is 18.5. The maximum absolute atomic E-state index is 14.3. The molecule has 3 aromatic rings. The fourth-order valence-electron chi connectivity index (χ4n) is 9.31. The van der Waals surface area contributed by atoms with Crippen molar-refractivity contribution >= 4 is 40.0 Å². The van der Waals surface area contributed by atoms with Crippen molar-refractivity contribution in [1.29, 1.82) is 0 Å². The van der Waals surface area contributed by atoms with Gasteiger partial charge in [-0.2, -0.15) is 0 Å². The SMILES string of the molecule is CCOc1ccccc1N1CCN(C(=O)C(Cc2ccc3ccccc3c2)NC(=O)C2CC(O)CN2C(=O)C2C(=O)C3(C)CCC2C3(C)C)CC1. The fraction of sp³-hybridized carbons (Fsp3) is 0.512. The molecule has 6 atom stereocenters. The molecule has 270 valence electrons. The van der Waals surface area contributed by atoms with Gasteiger partial charge in [0, 0.05) is 51.0 Å². The van der Waals surface area contributed by atoms with Crippen LogP contribution in [0.2, 0.25) is 0 Å². The molecule has 2 N–H and O–H groups in total. The van der Waals surface area contributed by atoms with E-state index >= 15 is 0 Å². The highest BCUT2D eigenvalue weighted by molar-refractivity contribution is 6.08. The number of piperazine rings is 1. The fourth-order valence-corrected chi connectivity index (χ4v) is 9.31. The molecule has 10 nitrogen and oxygen atoms in total. The van der Waals surface area contributed by atoms with Gasteiger partial charge in [-0.1, -0.05) is 75.4 Å². The number of ketones is 1. The first kappa shape index (κ1) is 35.0. The van der Waals surface area contributed by atoms with Crippen molar-refractivity contribution in [3.05, 3.63) is 72.3 Å². The summed E-state index contributed by atoms with van der Waals surface area (Å²) in [4.78, 5) is 61.8. The van der Waals surface area contributed by atoms with Crippen LogP contribution in [0.15, 0.2) is 66.7 Å². The third kappa shape index (κ3) is 6.15. The van der Waals surface area contributed by atoms with Crippen LogP contribution in [0.1, 0.15) is 52.5 Å². The molecule has 0 radical (unpaired) electrons. The Kier molecular flexibility index (Phi) is 9.33. The zero-order chi connectivity index (χ0) is 36.1. The van der Waals surface area contributed by atoms with Crippen molar-refractivity contribution in [3.63, 3.8) is 0 Å². The van der Waals surface area contributed by atoms with Crippen LogP contribution in [0.25, 0.3) is 10.8 Å². The molecule has 3 amide bonds. The standard InChI is InChI=1S/C41H50N4O6/c1-5-51-34-13-9-8-12-32(34)43-18-20-44(21-19-43)38(49)31(23-26-14-15-27-10-6-7-11-28(27)22-26)42-37(48)33-24-29(46)25-45(33)39(50)35-30-16-17-41(4,36(35)47)40(30,2)3/h6-15,22,29-31,33,35,46H,5,16-21,23-25H2,1-4H3,(H,42,48). The van der Waals surface area contributed by atoms with E-state index in [4.69, 9.17) is 4.74 Å². The van der Waals surface area contributed by atoms with Gasteiger partial charge in [-0.05, 0) is 59.6 Å². The molecule has 2 saturated heterocycles. The minimum absolute atomic E-state index is 0.0149. The molecular formula is C41H50N4O6. The summed E-state index contributed by atoms with van der Waals surface area (Å²) in [6, 6.07) is 20.1. The second kappa shape index (κ2) is 13.6. The normalized spacial score (nSPS) is 27.5. The molecule has 6 unspecified atom stereocenters. The van der Waals surface area contributed by atoms with Gasteiger partial charge in [0.25, 0.3) is 0 Å². The maximum atomic E-state index is 14.3. The topological polar surface area (TPSA) is 119 Å². The molecule has 4 fully saturated rings. The van der Waals surface area contributed by atoms with Crippen LogP contribution in [-0.4, -0.2) is 95.9 Å². The van der Waals surface area contributed by atoms with Crippen molar-refractivity contribution < 1.29 is 29.0 Å². The van der Waals surface area contributed by atoms with E-state index in [9.17, 15) is 24.3 Å². The van der Waals surface area contributed by atoms with E-state index < -0.39 is 35.4 Å². The number of fused-ring (bicyclic) bond motifs is 3. The van der Waals surface area contributed by atoms with E-state index in [2.05, 4.69) is 24.1 Å². The average Bonchev–Trinajstić information content (AvgIpc) is 3.68. The smallest absolute Gasteiger partial charge is 0.245 e. The lowest BCUT2D eigenvalue weighted by Crippen LogP contribution is -2.58. The highest BCUT2D eigenvalue weighted by Gasteiger charge is 2.68. The lowest BCUT2D eigenvalue weighted by Gasteiger charge is -2.38. The number of ether oxygens (including phenoxy) is 1. The number of para-hydroxylation sites is 2. The molecule has 51 heavy (non-hydrogen) atoms. The molecule has 4 aliphatic rings. The number of anilines is 1. The molecule has 2 saturated carbocycles. The Balaban J connectivity index is 1.11. The summed E-state index contributed by atoms with van der Waals surface area (Å²) in [5, 5.41) is 15.9. The third-order valence-electron chi connectivity index (χ3n) is 12.6. The van der Waals surface area contributed by atoms with E-state index in [1.165, 1.54) is 4.90 Å². The Morgan fingerprint density at radius 1 is 0.961 bits per heavy atom. The number of benzene rings is 3. The number of Topliss-reactive ketones (excluding diaryl/α,β-unsaturated/α-hetero) is 1. The van der Waals surface area contributed by atoms with Crippen LogP contribution in [0.5, 0.6) is 5.75 Å².